The third kappa shape index (κ3) is 3.90. The first kappa shape index (κ1) is 17.5. The molecule has 1 aromatic carbocycles. The fraction of sp³-hybridized carbons (Fsp3) is 0.562. The van der Waals surface area contributed by atoms with E-state index in [9.17, 15) is 13.6 Å². The number of nitrogens with two attached hydrogens (primary N) is 1. The van der Waals surface area contributed by atoms with E-state index in [0.29, 0.717) is 19.5 Å². The molecule has 2 N–H and O–H groups in total. The highest BCUT2D eigenvalue weighted by atomic mass is 19.3. The van der Waals surface area contributed by atoms with Crippen molar-refractivity contribution in [1.29, 1.82) is 0 Å². The molecule has 0 saturated carbocycles. The van der Waals surface area contributed by atoms with Crippen LogP contribution in [0.15, 0.2) is 18.2 Å². The number of piperidine rings is 1. The molecule has 0 aromatic heterocycles. The van der Waals surface area contributed by atoms with Gasteiger partial charge in [-0.3, -0.25) is 4.79 Å². The average Bonchev–Trinajstić information content (AvgIpc) is 2.48. The molecule has 1 unspecified atom stereocenters. The van der Waals surface area contributed by atoms with E-state index in [1.807, 2.05) is 13.8 Å². The Labute approximate surface area is 134 Å². The van der Waals surface area contributed by atoms with Crippen LogP contribution in [0.25, 0.3) is 0 Å². The number of benzene rings is 1. The number of methoxy groups -OCH3 is 1. The van der Waals surface area contributed by atoms with Crippen LogP contribution >= 0.6 is 0 Å². The third-order valence-electron chi connectivity index (χ3n) is 4.23. The Morgan fingerprint density at radius 3 is 2.65 bits per heavy atom. The molecule has 7 heteroatoms. The summed E-state index contributed by atoms with van der Waals surface area (Å²) in [6.45, 7) is 2.10. The molecule has 1 amide bonds. The van der Waals surface area contributed by atoms with Crippen molar-refractivity contribution in [1.82, 2.24) is 4.90 Å². The zero-order valence-electron chi connectivity index (χ0n) is 13.5. The molecular formula is C16H22F2N2O3. The molecule has 0 spiro atoms. The second kappa shape index (κ2) is 6.70. The number of ether oxygens (including phenoxy) is 2. The molecule has 2 rings (SSSR count). The van der Waals surface area contributed by atoms with Crippen molar-refractivity contribution < 1.29 is 23.0 Å². The molecular weight excluding hydrogens is 306 g/mol. The molecule has 1 atom stereocenters. The number of carbonyl (C=O) groups is 1. The van der Waals surface area contributed by atoms with Crippen LogP contribution in [0.4, 0.5) is 8.78 Å². The lowest BCUT2D eigenvalue weighted by molar-refractivity contribution is -0.0512. The van der Waals surface area contributed by atoms with Gasteiger partial charge in [0.1, 0.15) is 0 Å². The molecule has 23 heavy (non-hydrogen) atoms. The van der Waals surface area contributed by atoms with Crippen LogP contribution in [0.5, 0.6) is 11.5 Å². The first-order valence-corrected chi connectivity index (χ1v) is 7.42. The van der Waals surface area contributed by atoms with Crippen LogP contribution < -0.4 is 15.2 Å². The molecule has 1 fully saturated rings. The van der Waals surface area contributed by atoms with Gasteiger partial charge in [0, 0.05) is 24.7 Å². The number of amides is 1. The number of rotatable bonds is 4. The Hall–Kier alpha value is -1.89. The van der Waals surface area contributed by atoms with E-state index < -0.39 is 6.61 Å². The number of alkyl halides is 2. The summed E-state index contributed by atoms with van der Waals surface area (Å²) in [5.74, 6) is -0.226. The molecule has 5 nitrogen and oxygen atoms in total. The topological polar surface area (TPSA) is 64.8 Å². The van der Waals surface area contributed by atoms with Gasteiger partial charge in [-0.05, 0) is 30.0 Å². The van der Waals surface area contributed by atoms with Crippen molar-refractivity contribution in [2.45, 2.75) is 32.9 Å². The van der Waals surface area contributed by atoms with Crippen LogP contribution in [-0.2, 0) is 0 Å². The highest BCUT2D eigenvalue weighted by molar-refractivity contribution is 5.95. The molecule has 128 valence electrons. The molecule has 1 saturated heterocycles. The Kier molecular flexibility index (Phi) is 5.09. The lowest BCUT2D eigenvalue weighted by Gasteiger charge is -2.42. The van der Waals surface area contributed by atoms with Gasteiger partial charge in [-0.15, -0.1) is 0 Å². The fourth-order valence-electron chi connectivity index (χ4n) is 2.73. The van der Waals surface area contributed by atoms with Gasteiger partial charge in [0.05, 0.1) is 7.11 Å². The van der Waals surface area contributed by atoms with Crippen molar-refractivity contribution in [2.24, 2.45) is 11.1 Å². The summed E-state index contributed by atoms with van der Waals surface area (Å²) in [4.78, 5) is 14.3. The lowest BCUT2D eigenvalue weighted by atomic mass is 9.79. The standard InChI is InChI=1S/C16H22F2N2O3/c1-16(2)9-20(7-6-13(16)19)14(21)10-4-5-11(22-3)12(8-10)23-15(17)18/h4-5,8,13,15H,6-7,9,19H2,1-3H3. The van der Waals surface area contributed by atoms with Gasteiger partial charge in [-0.25, -0.2) is 0 Å². The maximum absolute atomic E-state index is 12.6. The van der Waals surface area contributed by atoms with Crippen molar-refractivity contribution in [3.8, 4) is 11.5 Å². The first-order valence-electron chi connectivity index (χ1n) is 7.42. The Morgan fingerprint density at radius 1 is 1.39 bits per heavy atom. The van der Waals surface area contributed by atoms with E-state index in [0.717, 1.165) is 0 Å². The lowest BCUT2D eigenvalue weighted by Crippen LogP contribution is -2.54. The molecule has 0 bridgehead atoms. The molecule has 0 radical (unpaired) electrons. The van der Waals surface area contributed by atoms with E-state index in [-0.39, 0.29) is 34.4 Å². The monoisotopic (exact) mass is 328 g/mol. The summed E-state index contributed by atoms with van der Waals surface area (Å²) < 4.78 is 34.4. The zero-order chi connectivity index (χ0) is 17.2. The predicted molar refractivity (Wildman–Crippen MR) is 81.9 cm³/mol. The molecule has 1 heterocycles. The third-order valence-corrected chi connectivity index (χ3v) is 4.23. The molecule has 0 aliphatic carbocycles. The van der Waals surface area contributed by atoms with Crippen LogP contribution in [0.1, 0.15) is 30.6 Å². The summed E-state index contributed by atoms with van der Waals surface area (Å²) in [5.41, 5.74) is 6.17. The Bertz CT molecular complexity index is 578. The van der Waals surface area contributed by atoms with E-state index in [4.69, 9.17) is 10.5 Å². The number of halogens is 2. The smallest absolute Gasteiger partial charge is 0.387 e. The highest BCUT2D eigenvalue weighted by Gasteiger charge is 2.35. The van der Waals surface area contributed by atoms with Crippen LogP contribution in [0, 0.1) is 5.41 Å². The van der Waals surface area contributed by atoms with Gasteiger partial charge < -0.3 is 20.1 Å². The number of carbonyl (C=O) groups excluding carboxylic acids is 1. The fourth-order valence-corrected chi connectivity index (χ4v) is 2.73. The van der Waals surface area contributed by atoms with Gasteiger partial charge >= 0.3 is 6.61 Å². The van der Waals surface area contributed by atoms with Crippen molar-refractivity contribution >= 4 is 5.91 Å². The average molecular weight is 328 g/mol. The normalized spacial score (nSPS) is 20.5. The maximum atomic E-state index is 12.6. The second-order valence-corrected chi connectivity index (χ2v) is 6.35. The van der Waals surface area contributed by atoms with Crippen molar-refractivity contribution in [3.63, 3.8) is 0 Å². The van der Waals surface area contributed by atoms with Crippen molar-refractivity contribution in [3.05, 3.63) is 23.8 Å². The summed E-state index contributed by atoms with van der Waals surface area (Å²) in [6, 6.07) is 4.31. The zero-order valence-corrected chi connectivity index (χ0v) is 13.5. The summed E-state index contributed by atoms with van der Waals surface area (Å²) >= 11 is 0. The minimum Gasteiger partial charge on any atom is -0.493 e. The SMILES string of the molecule is COc1ccc(C(=O)N2CCC(N)C(C)(C)C2)cc1OC(F)F. The number of hydrogen-bond donors (Lipinski definition) is 1. The largest absolute Gasteiger partial charge is 0.493 e. The van der Waals surface area contributed by atoms with Crippen molar-refractivity contribution in [2.75, 3.05) is 20.2 Å². The Balaban J connectivity index is 2.22. The van der Waals surface area contributed by atoms with Gasteiger partial charge in [-0.1, -0.05) is 13.8 Å². The number of hydrogen-bond acceptors (Lipinski definition) is 4. The van der Waals surface area contributed by atoms with Gasteiger partial charge in [0.15, 0.2) is 11.5 Å². The van der Waals surface area contributed by atoms with E-state index in [1.165, 1.54) is 19.2 Å². The summed E-state index contributed by atoms with van der Waals surface area (Å²) in [5, 5.41) is 0. The predicted octanol–water partition coefficient (Wildman–Crippen LogP) is 2.50. The van der Waals surface area contributed by atoms with E-state index in [1.54, 1.807) is 11.0 Å². The minimum atomic E-state index is -2.99. The maximum Gasteiger partial charge on any atom is 0.387 e. The molecule has 1 aliphatic rings. The summed E-state index contributed by atoms with van der Waals surface area (Å²) in [7, 11) is 1.35. The van der Waals surface area contributed by atoms with Crippen LogP contribution in [0.2, 0.25) is 0 Å². The Morgan fingerprint density at radius 2 is 2.09 bits per heavy atom. The second-order valence-electron chi connectivity index (χ2n) is 6.35. The van der Waals surface area contributed by atoms with E-state index >= 15 is 0 Å². The summed E-state index contributed by atoms with van der Waals surface area (Å²) in [6.07, 6.45) is 0.704. The number of nitrogens with zero attached hydrogens (tertiary/aromatic N) is 1. The van der Waals surface area contributed by atoms with Crippen LogP contribution in [0.3, 0.4) is 0 Å². The molecule has 1 aliphatic heterocycles. The minimum absolute atomic E-state index is 0.0279. The van der Waals surface area contributed by atoms with Gasteiger partial charge in [0.25, 0.3) is 5.91 Å². The quantitative estimate of drug-likeness (QED) is 0.922. The molecule has 1 aromatic rings. The highest BCUT2D eigenvalue weighted by Crippen LogP contribution is 2.32. The first-order chi connectivity index (χ1) is 10.7. The van der Waals surface area contributed by atoms with Crippen LogP contribution in [-0.4, -0.2) is 43.7 Å². The van der Waals surface area contributed by atoms with Gasteiger partial charge in [0.2, 0.25) is 0 Å². The van der Waals surface area contributed by atoms with E-state index in [2.05, 4.69) is 4.74 Å². The number of likely N-dealkylation sites (tertiary alicyclic amines) is 1. The van der Waals surface area contributed by atoms with Gasteiger partial charge in [-0.2, -0.15) is 8.78 Å².